The molecule has 0 aliphatic carbocycles. The number of rotatable bonds is 68. The van der Waals surface area contributed by atoms with Crippen LogP contribution in [0.3, 0.4) is 0 Å². The average Bonchev–Trinajstić information content (AvgIpc) is 2.73. The molecule has 520 valence electrons. The van der Waals surface area contributed by atoms with Crippen LogP contribution in [-0.4, -0.2) is 95.1 Å². The number of aliphatic hydroxyl groups excluding tert-OH is 4. The molecular formula is C77H140O12. The van der Waals surface area contributed by atoms with Gasteiger partial charge in [-0.25, -0.2) is 0 Å². The number of hydrogen-bond donors (Lipinski definition) is 4. The maximum Gasteiger partial charge on any atom is 0.305 e. The van der Waals surface area contributed by atoms with E-state index in [1.807, 2.05) is 0 Å². The summed E-state index contributed by atoms with van der Waals surface area (Å²) in [5, 5.41) is 41.0. The van der Waals surface area contributed by atoms with Gasteiger partial charge >= 0.3 is 23.9 Å². The molecule has 0 aromatic rings. The summed E-state index contributed by atoms with van der Waals surface area (Å²) in [5.41, 5.74) is -1.30. The second-order valence-corrected chi connectivity index (χ2v) is 26.2. The Balaban J connectivity index is 5.65. The number of hydrogen-bond acceptors (Lipinski definition) is 12. The second kappa shape index (κ2) is 66.1. The maximum atomic E-state index is 13.4. The van der Waals surface area contributed by atoms with Crippen molar-refractivity contribution < 1.29 is 58.6 Å². The lowest BCUT2D eigenvalue weighted by molar-refractivity contribution is -0.170. The first kappa shape index (κ1) is 85.7. The fourth-order valence-electron chi connectivity index (χ4n) is 10.9. The smallest absolute Gasteiger partial charge is 0.305 e. The molecule has 0 heterocycles. The van der Waals surface area contributed by atoms with E-state index in [0.29, 0.717) is 51.4 Å². The molecule has 0 unspecified atom stereocenters. The Bertz CT molecular complexity index is 1460. The van der Waals surface area contributed by atoms with Crippen molar-refractivity contribution in [3.05, 3.63) is 48.6 Å². The third-order valence-electron chi connectivity index (χ3n) is 17.0. The number of esters is 4. The standard InChI is InChI=1S/C77H140O12/c1-5-9-13-41-53-69(78)57-45-33-25-17-21-29-37-49-61-73(82)86-65-77(66-87-74(83)62-50-38-30-22-18-26-34-46-58-70(79)54-42-14-10-6-2,67-88-75(84)63-51-39-31-23-19-27-35-47-59-71(80)55-43-15-11-7-3)68-89-76(85)64-52-40-32-24-20-28-36-48-60-72(81)56-44-16-12-8-4/h33-36,45-48,69-72,78-81H,5-32,37-44,49-68H2,1-4H3/b45-33-,46-34-,47-35-,48-36-/t69-,70-,71-,72-/m1/s1. The number of carbonyl (C=O) groups is 4. The van der Waals surface area contributed by atoms with E-state index < -0.39 is 29.3 Å². The summed E-state index contributed by atoms with van der Waals surface area (Å²) in [5.74, 6) is -1.62. The number of allylic oxidation sites excluding steroid dienone is 4. The van der Waals surface area contributed by atoms with Crippen molar-refractivity contribution in [1.82, 2.24) is 0 Å². The normalized spacial score (nSPS) is 13.5. The van der Waals surface area contributed by atoms with Crippen LogP contribution in [-0.2, 0) is 38.1 Å². The average molecular weight is 1260 g/mol. The van der Waals surface area contributed by atoms with Crippen LogP contribution in [0.4, 0.5) is 0 Å². The van der Waals surface area contributed by atoms with Gasteiger partial charge in [0.25, 0.3) is 0 Å². The predicted molar refractivity (Wildman–Crippen MR) is 370 cm³/mol. The van der Waals surface area contributed by atoms with E-state index in [0.717, 1.165) is 180 Å². The Morgan fingerprint density at radius 1 is 0.270 bits per heavy atom. The van der Waals surface area contributed by atoms with Crippen LogP contribution in [0.2, 0.25) is 0 Å². The topological polar surface area (TPSA) is 186 Å². The van der Waals surface area contributed by atoms with Crippen LogP contribution in [0.5, 0.6) is 0 Å². The quantitative estimate of drug-likeness (QED) is 0.0196. The Labute approximate surface area is 546 Å². The molecule has 12 heteroatoms. The lowest BCUT2D eigenvalue weighted by atomic mass is 9.92. The Morgan fingerprint density at radius 3 is 0.674 bits per heavy atom. The van der Waals surface area contributed by atoms with Crippen LogP contribution in [0, 0.1) is 5.41 Å². The molecule has 0 saturated heterocycles. The molecule has 4 N–H and O–H groups in total. The van der Waals surface area contributed by atoms with Crippen molar-refractivity contribution in [3.63, 3.8) is 0 Å². The molecule has 0 rings (SSSR count). The van der Waals surface area contributed by atoms with E-state index in [4.69, 9.17) is 18.9 Å². The van der Waals surface area contributed by atoms with Crippen LogP contribution in [0.1, 0.15) is 362 Å². The minimum atomic E-state index is -1.30. The van der Waals surface area contributed by atoms with Crippen molar-refractivity contribution in [1.29, 1.82) is 0 Å². The largest absolute Gasteiger partial charge is 0.465 e. The van der Waals surface area contributed by atoms with Gasteiger partial charge in [-0.2, -0.15) is 0 Å². The minimum absolute atomic E-state index is 0.210. The van der Waals surface area contributed by atoms with Crippen molar-refractivity contribution >= 4 is 23.9 Å². The highest BCUT2D eigenvalue weighted by molar-refractivity contribution is 5.71. The van der Waals surface area contributed by atoms with Gasteiger partial charge in [-0.15, -0.1) is 0 Å². The van der Waals surface area contributed by atoms with Crippen LogP contribution < -0.4 is 0 Å². The van der Waals surface area contributed by atoms with Crippen LogP contribution in [0.15, 0.2) is 48.6 Å². The van der Waals surface area contributed by atoms with E-state index >= 15 is 0 Å². The predicted octanol–water partition coefficient (Wildman–Crippen LogP) is 20.2. The molecule has 0 amide bonds. The van der Waals surface area contributed by atoms with E-state index in [9.17, 15) is 39.6 Å². The molecule has 0 saturated carbocycles. The Morgan fingerprint density at radius 2 is 0.461 bits per heavy atom. The molecule has 0 aliphatic rings. The SMILES string of the molecule is CCCCCC[C@@H](O)C/C=C\CCCCCCCC(=O)OCC(COC(=O)CCCCCCC/C=C\C[C@H](O)CCCCCC)(COC(=O)CCCCCCC/C=C\C[C@H](O)CCCCCC)COC(=O)CCCCCCC/C=C\C[C@H](O)CCCCCC. The van der Waals surface area contributed by atoms with Crippen molar-refractivity contribution in [3.8, 4) is 0 Å². The van der Waals surface area contributed by atoms with Gasteiger partial charge in [0.05, 0.1) is 24.4 Å². The fraction of sp³-hybridized carbons (Fsp3) is 0.844. The third-order valence-corrected chi connectivity index (χ3v) is 17.0. The zero-order chi connectivity index (χ0) is 65.2. The van der Waals surface area contributed by atoms with Gasteiger partial charge in [-0.1, -0.05) is 256 Å². The molecule has 0 aromatic carbocycles. The summed E-state index contributed by atoms with van der Waals surface area (Å²) in [4.78, 5) is 53.6. The highest BCUT2D eigenvalue weighted by atomic mass is 16.6. The summed E-state index contributed by atoms with van der Waals surface area (Å²) >= 11 is 0. The van der Waals surface area contributed by atoms with Crippen molar-refractivity contribution in [2.45, 2.75) is 386 Å². The van der Waals surface area contributed by atoms with Gasteiger partial charge in [0, 0.05) is 25.7 Å². The Hall–Kier alpha value is -3.32. The molecular weight excluding hydrogens is 1120 g/mol. The summed E-state index contributed by atoms with van der Waals surface area (Å²) < 4.78 is 23.7. The first-order chi connectivity index (χ1) is 43.4. The lowest BCUT2D eigenvalue weighted by Gasteiger charge is -2.31. The molecule has 0 aliphatic heterocycles. The van der Waals surface area contributed by atoms with Gasteiger partial charge in [-0.3, -0.25) is 19.2 Å². The van der Waals surface area contributed by atoms with Gasteiger partial charge in [-0.05, 0) is 128 Å². The van der Waals surface area contributed by atoms with Crippen LogP contribution in [0.25, 0.3) is 0 Å². The maximum absolute atomic E-state index is 13.4. The monoisotopic (exact) mass is 1260 g/mol. The van der Waals surface area contributed by atoms with Gasteiger partial charge in [0.15, 0.2) is 0 Å². The van der Waals surface area contributed by atoms with E-state index in [-0.39, 0.29) is 76.5 Å². The highest BCUT2D eigenvalue weighted by Gasteiger charge is 2.38. The molecule has 0 radical (unpaired) electrons. The van der Waals surface area contributed by atoms with Crippen molar-refractivity contribution in [2.75, 3.05) is 26.4 Å². The van der Waals surface area contributed by atoms with E-state index in [1.165, 1.54) is 77.0 Å². The van der Waals surface area contributed by atoms with Crippen LogP contribution >= 0.6 is 0 Å². The van der Waals surface area contributed by atoms with E-state index in [2.05, 4.69) is 76.3 Å². The third kappa shape index (κ3) is 61.9. The molecule has 89 heavy (non-hydrogen) atoms. The number of aliphatic hydroxyl groups is 4. The Kier molecular flexibility index (Phi) is 63.7. The second-order valence-electron chi connectivity index (χ2n) is 26.2. The van der Waals surface area contributed by atoms with Gasteiger partial charge < -0.3 is 39.4 Å². The molecule has 4 atom stereocenters. The van der Waals surface area contributed by atoms with E-state index in [1.54, 1.807) is 0 Å². The van der Waals surface area contributed by atoms with Crippen molar-refractivity contribution in [2.24, 2.45) is 5.41 Å². The molecule has 0 aromatic heterocycles. The highest BCUT2D eigenvalue weighted by Crippen LogP contribution is 2.25. The molecule has 0 spiro atoms. The first-order valence-corrected chi connectivity index (χ1v) is 37.3. The molecule has 0 fully saturated rings. The van der Waals surface area contributed by atoms with Gasteiger partial charge in [0.2, 0.25) is 0 Å². The zero-order valence-corrected chi connectivity index (χ0v) is 58.1. The fourth-order valence-corrected chi connectivity index (χ4v) is 10.9. The number of ether oxygens (including phenoxy) is 4. The number of unbranched alkanes of at least 4 members (excludes halogenated alkanes) is 32. The summed E-state index contributed by atoms with van der Waals surface area (Å²) in [6, 6.07) is 0. The summed E-state index contributed by atoms with van der Waals surface area (Å²) in [7, 11) is 0. The molecule has 12 nitrogen and oxygen atoms in total. The van der Waals surface area contributed by atoms with Gasteiger partial charge in [0.1, 0.15) is 31.8 Å². The molecule has 0 bridgehead atoms. The summed E-state index contributed by atoms with van der Waals surface area (Å²) in [6.07, 6.45) is 64.1. The zero-order valence-electron chi connectivity index (χ0n) is 58.1. The minimum Gasteiger partial charge on any atom is -0.465 e. The lowest BCUT2D eigenvalue weighted by Crippen LogP contribution is -2.44. The number of carbonyl (C=O) groups excluding carboxylic acids is 4. The first-order valence-electron chi connectivity index (χ1n) is 37.3. The summed E-state index contributed by atoms with van der Waals surface area (Å²) in [6.45, 7) is 7.80.